The molecule has 1 fully saturated rings. The highest BCUT2D eigenvalue weighted by molar-refractivity contribution is 5.82. The van der Waals surface area contributed by atoms with Crippen LogP contribution in [0.2, 0.25) is 0 Å². The van der Waals surface area contributed by atoms with Crippen LogP contribution in [0.3, 0.4) is 0 Å². The molecule has 20 heavy (non-hydrogen) atoms. The molecule has 1 aliphatic rings. The molecule has 4 heteroatoms. The summed E-state index contributed by atoms with van der Waals surface area (Å²) >= 11 is 0. The van der Waals surface area contributed by atoms with Crippen molar-refractivity contribution in [1.29, 1.82) is 0 Å². The normalized spacial score (nSPS) is 21.0. The summed E-state index contributed by atoms with van der Waals surface area (Å²) < 4.78 is 0. The summed E-state index contributed by atoms with van der Waals surface area (Å²) in [4.78, 5) is 9.65. The lowest BCUT2D eigenvalue weighted by Gasteiger charge is -2.62. The molecule has 0 aromatic heterocycles. The van der Waals surface area contributed by atoms with Crippen molar-refractivity contribution < 1.29 is 0 Å². The summed E-state index contributed by atoms with van der Waals surface area (Å²) in [6, 6.07) is 0. The molecule has 1 N–H and O–H groups in total. The number of likely N-dealkylation sites (tertiary alicyclic amines) is 1. The van der Waals surface area contributed by atoms with Crippen molar-refractivity contribution in [2.45, 2.75) is 54.0 Å². The molecule has 0 amide bonds. The smallest absolute Gasteiger partial charge is 0.194 e. The number of hydrogen-bond acceptors (Lipinski definition) is 2. The Labute approximate surface area is 125 Å². The number of aliphatic imine (C=N–C) groups is 1. The predicted molar refractivity (Wildman–Crippen MR) is 88.3 cm³/mol. The Morgan fingerprint density at radius 1 is 1.15 bits per heavy atom. The van der Waals surface area contributed by atoms with Crippen LogP contribution >= 0.6 is 0 Å². The number of nitrogens with zero attached hydrogens (tertiary/aromatic N) is 3. The molecule has 0 bridgehead atoms. The van der Waals surface area contributed by atoms with E-state index in [2.05, 4.69) is 63.6 Å². The highest BCUT2D eigenvalue weighted by Gasteiger charge is 2.53. The van der Waals surface area contributed by atoms with Crippen LogP contribution < -0.4 is 5.32 Å². The van der Waals surface area contributed by atoms with Gasteiger partial charge in [0.25, 0.3) is 0 Å². The molecular weight excluding hydrogens is 248 g/mol. The van der Waals surface area contributed by atoms with Crippen LogP contribution in [0, 0.1) is 5.41 Å². The van der Waals surface area contributed by atoms with Crippen LogP contribution in [0.1, 0.15) is 48.5 Å². The van der Waals surface area contributed by atoms with Crippen molar-refractivity contribution in [2.75, 3.05) is 39.3 Å². The summed E-state index contributed by atoms with van der Waals surface area (Å²) in [5, 5.41) is 3.45. The lowest BCUT2D eigenvalue weighted by Crippen LogP contribution is -2.72. The van der Waals surface area contributed by atoms with Gasteiger partial charge < -0.3 is 15.1 Å². The van der Waals surface area contributed by atoms with E-state index in [-0.39, 0.29) is 5.54 Å². The van der Waals surface area contributed by atoms with Gasteiger partial charge in [0.15, 0.2) is 5.96 Å². The standard InChI is InChI=1S/C16H34N4/c1-8-17-14(18-11-12-19(9-2)10-3)20-13-15(4,5)16(20,6)7/h8-13H2,1-7H3,(H,17,18). The van der Waals surface area contributed by atoms with E-state index in [1.54, 1.807) is 0 Å². The van der Waals surface area contributed by atoms with Crippen molar-refractivity contribution in [1.82, 2.24) is 15.1 Å². The Balaban J connectivity index is 2.66. The van der Waals surface area contributed by atoms with Gasteiger partial charge in [0.1, 0.15) is 0 Å². The van der Waals surface area contributed by atoms with E-state index in [0.717, 1.165) is 45.2 Å². The van der Waals surface area contributed by atoms with Gasteiger partial charge in [-0.25, -0.2) is 0 Å². The molecule has 0 spiro atoms. The number of guanidine groups is 1. The fourth-order valence-electron chi connectivity index (χ4n) is 2.63. The van der Waals surface area contributed by atoms with Gasteiger partial charge in [-0.2, -0.15) is 0 Å². The van der Waals surface area contributed by atoms with Crippen molar-refractivity contribution in [3.05, 3.63) is 0 Å². The minimum absolute atomic E-state index is 0.170. The summed E-state index contributed by atoms with van der Waals surface area (Å²) in [6.07, 6.45) is 0. The predicted octanol–water partition coefficient (Wildman–Crippen LogP) is 2.41. The first-order valence-corrected chi connectivity index (χ1v) is 8.08. The lowest BCUT2D eigenvalue weighted by atomic mass is 9.65. The number of likely N-dealkylation sites (N-methyl/N-ethyl adjacent to an activating group) is 1. The topological polar surface area (TPSA) is 30.9 Å². The van der Waals surface area contributed by atoms with Crippen molar-refractivity contribution in [3.63, 3.8) is 0 Å². The second kappa shape index (κ2) is 6.79. The van der Waals surface area contributed by atoms with E-state index in [1.807, 2.05) is 0 Å². The SMILES string of the molecule is CCNC(=NCCN(CC)CC)N1CC(C)(C)C1(C)C. The van der Waals surface area contributed by atoms with Gasteiger partial charge in [-0.3, -0.25) is 4.99 Å². The fraction of sp³-hybridized carbons (Fsp3) is 0.938. The third-order valence-electron chi connectivity index (χ3n) is 5.05. The first-order valence-electron chi connectivity index (χ1n) is 8.08. The fourth-order valence-corrected chi connectivity index (χ4v) is 2.63. The quantitative estimate of drug-likeness (QED) is 0.599. The van der Waals surface area contributed by atoms with Gasteiger partial charge in [-0.05, 0) is 33.9 Å². The van der Waals surface area contributed by atoms with Crippen molar-refractivity contribution in [3.8, 4) is 0 Å². The maximum absolute atomic E-state index is 4.82. The Morgan fingerprint density at radius 2 is 1.75 bits per heavy atom. The zero-order valence-electron chi connectivity index (χ0n) is 14.6. The van der Waals surface area contributed by atoms with Crippen LogP contribution in [0.4, 0.5) is 0 Å². The maximum atomic E-state index is 4.82. The van der Waals surface area contributed by atoms with Gasteiger partial charge in [0.05, 0.1) is 6.54 Å². The Bertz CT molecular complexity index is 329. The molecule has 1 heterocycles. The largest absolute Gasteiger partial charge is 0.356 e. The second-order valence-corrected chi connectivity index (χ2v) is 6.79. The summed E-state index contributed by atoms with van der Waals surface area (Å²) in [6.45, 7) is 22.0. The Kier molecular flexibility index (Phi) is 5.87. The summed E-state index contributed by atoms with van der Waals surface area (Å²) in [5.41, 5.74) is 0.519. The minimum atomic E-state index is 0.170. The van der Waals surface area contributed by atoms with Crippen LogP contribution in [-0.2, 0) is 0 Å². The molecule has 0 saturated carbocycles. The van der Waals surface area contributed by atoms with Gasteiger partial charge in [-0.1, -0.05) is 27.7 Å². The van der Waals surface area contributed by atoms with E-state index < -0.39 is 0 Å². The van der Waals surface area contributed by atoms with Crippen LogP contribution in [-0.4, -0.2) is 60.6 Å². The van der Waals surface area contributed by atoms with Crippen molar-refractivity contribution >= 4 is 5.96 Å². The minimum Gasteiger partial charge on any atom is -0.356 e. The number of nitrogens with one attached hydrogen (secondary N) is 1. The third kappa shape index (κ3) is 3.46. The average molecular weight is 282 g/mol. The van der Waals surface area contributed by atoms with Gasteiger partial charge >= 0.3 is 0 Å². The summed E-state index contributed by atoms with van der Waals surface area (Å²) in [7, 11) is 0. The van der Waals surface area contributed by atoms with E-state index in [0.29, 0.717) is 5.41 Å². The molecule has 1 rings (SSSR count). The molecule has 0 radical (unpaired) electrons. The van der Waals surface area contributed by atoms with Crippen LogP contribution in [0.25, 0.3) is 0 Å². The molecule has 0 atom stereocenters. The molecule has 1 saturated heterocycles. The zero-order chi connectivity index (χ0) is 15.4. The highest BCUT2D eigenvalue weighted by Crippen LogP contribution is 2.46. The first kappa shape index (κ1) is 17.3. The average Bonchev–Trinajstić information content (AvgIpc) is 2.40. The van der Waals surface area contributed by atoms with E-state index in [1.165, 1.54) is 0 Å². The van der Waals surface area contributed by atoms with Gasteiger partial charge in [0, 0.05) is 30.6 Å². The van der Waals surface area contributed by atoms with E-state index in [9.17, 15) is 0 Å². The molecule has 118 valence electrons. The lowest BCUT2D eigenvalue weighted by molar-refractivity contribution is -0.0667. The van der Waals surface area contributed by atoms with Crippen molar-refractivity contribution in [2.24, 2.45) is 10.4 Å². The molecule has 0 aromatic carbocycles. The first-order chi connectivity index (χ1) is 9.30. The van der Waals surface area contributed by atoms with E-state index in [4.69, 9.17) is 4.99 Å². The second-order valence-electron chi connectivity index (χ2n) is 6.79. The zero-order valence-corrected chi connectivity index (χ0v) is 14.6. The summed E-state index contributed by atoms with van der Waals surface area (Å²) in [5.74, 6) is 1.07. The van der Waals surface area contributed by atoms with Crippen LogP contribution in [0.5, 0.6) is 0 Å². The monoisotopic (exact) mass is 282 g/mol. The Hall–Kier alpha value is -0.770. The molecule has 4 nitrogen and oxygen atoms in total. The molecule has 0 aliphatic carbocycles. The van der Waals surface area contributed by atoms with Gasteiger partial charge in [0.2, 0.25) is 0 Å². The Morgan fingerprint density at radius 3 is 2.15 bits per heavy atom. The molecule has 0 aromatic rings. The number of rotatable bonds is 6. The number of hydrogen-bond donors (Lipinski definition) is 1. The third-order valence-corrected chi connectivity index (χ3v) is 5.05. The molecule has 0 unspecified atom stereocenters. The van der Waals surface area contributed by atoms with E-state index >= 15 is 0 Å². The van der Waals surface area contributed by atoms with Gasteiger partial charge in [-0.15, -0.1) is 0 Å². The molecular formula is C16H34N4. The molecule has 1 aliphatic heterocycles. The highest BCUT2D eigenvalue weighted by atomic mass is 15.4. The maximum Gasteiger partial charge on any atom is 0.194 e. The van der Waals surface area contributed by atoms with Crippen LogP contribution in [0.15, 0.2) is 4.99 Å².